The summed E-state index contributed by atoms with van der Waals surface area (Å²) < 4.78 is 63.7. The molecular weight excluding hydrogens is 346 g/mol. The van der Waals surface area contributed by atoms with Gasteiger partial charge in [-0.25, -0.2) is 9.18 Å². The summed E-state index contributed by atoms with van der Waals surface area (Å²) in [5.41, 5.74) is 5.44. The first-order valence-electron chi connectivity index (χ1n) is 6.19. The Morgan fingerprint density at radius 3 is 2.43 bits per heavy atom. The van der Waals surface area contributed by atoms with Gasteiger partial charge in [0.15, 0.2) is 0 Å². The average molecular weight is 362 g/mol. The molecule has 0 saturated heterocycles. The lowest BCUT2D eigenvalue weighted by molar-refractivity contribution is -0.274. The third-order valence-electron chi connectivity index (χ3n) is 2.62. The maximum Gasteiger partial charge on any atom is 0.573 e. The van der Waals surface area contributed by atoms with E-state index in [1.54, 1.807) is 0 Å². The van der Waals surface area contributed by atoms with Gasteiger partial charge in [-0.2, -0.15) is 0 Å². The van der Waals surface area contributed by atoms with Gasteiger partial charge in [0, 0.05) is 5.56 Å². The van der Waals surface area contributed by atoms with Crippen molar-refractivity contribution in [3.05, 3.63) is 23.8 Å². The quantitative estimate of drug-likeness (QED) is 0.623. The second kappa shape index (κ2) is 8.78. The molecule has 0 aliphatic carbocycles. The summed E-state index contributed by atoms with van der Waals surface area (Å²) in [7, 11) is 1.23. The molecule has 0 aliphatic rings. The molecule has 2 atom stereocenters. The van der Waals surface area contributed by atoms with Gasteiger partial charge in [0.05, 0.1) is 19.8 Å². The zero-order valence-electron chi connectivity index (χ0n) is 12.2. The minimum Gasteiger partial charge on any atom is -0.496 e. The predicted octanol–water partition coefficient (Wildman–Crippen LogP) is 2.92. The fourth-order valence-electron chi connectivity index (χ4n) is 1.70. The molecule has 0 saturated carbocycles. The Balaban J connectivity index is 0.00000484. The fourth-order valence-corrected chi connectivity index (χ4v) is 1.70. The van der Waals surface area contributed by atoms with E-state index in [2.05, 4.69) is 9.47 Å². The first-order chi connectivity index (χ1) is 10.2. The lowest BCUT2D eigenvalue weighted by atomic mass is 10.0. The normalized spacial score (nSPS) is 13.5. The zero-order valence-corrected chi connectivity index (χ0v) is 13.0. The highest BCUT2D eigenvalue weighted by atomic mass is 35.5. The number of carbonyl (C=O) groups excluding carboxylic acids is 1. The molecule has 0 amide bonds. The van der Waals surface area contributed by atoms with Gasteiger partial charge in [-0.05, 0) is 25.1 Å². The molecule has 0 aliphatic heterocycles. The number of alkyl halides is 4. The van der Waals surface area contributed by atoms with Crippen molar-refractivity contribution in [2.75, 3.05) is 13.7 Å². The van der Waals surface area contributed by atoms with Crippen molar-refractivity contribution >= 4 is 18.4 Å². The fraction of sp³-hybridized carbons (Fsp3) is 0.462. The van der Waals surface area contributed by atoms with Gasteiger partial charge >= 0.3 is 12.3 Å². The molecule has 132 valence electrons. The highest BCUT2D eigenvalue weighted by Crippen LogP contribution is 2.33. The molecule has 1 aromatic rings. The van der Waals surface area contributed by atoms with Crippen LogP contribution in [0, 0.1) is 0 Å². The molecule has 23 heavy (non-hydrogen) atoms. The van der Waals surface area contributed by atoms with Crippen molar-refractivity contribution in [3.8, 4) is 11.5 Å². The number of ether oxygens (including phenoxy) is 3. The first-order valence-corrected chi connectivity index (χ1v) is 6.19. The average Bonchev–Trinajstić information content (AvgIpc) is 2.44. The molecule has 2 N–H and O–H groups in total. The maximum atomic E-state index is 13.9. The zero-order chi connectivity index (χ0) is 16.9. The SMILES string of the molecule is CCOC(=O)C(F)[C@@H](N)c1cc(OC(F)(F)F)ccc1OC.Cl. The van der Waals surface area contributed by atoms with Crippen LogP contribution < -0.4 is 15.2 Å². The van der Waals surface area contributed by atoms with Gasteiger partial charge in [-0.3, -0.25) is 0 Å². The first kappa shape index (κ1) is 21.3. The van der Waals surface area contributed by atoms with Crippen molar-refractivity contribution in [2.24, 2.45) is 5.73 Å². The number of hydrogen-bond acceptors (Lipinski definition) is 5. The third-order valence-corrected chi connectivity index (χ3v) is 2.62. The van der Waals surface area contributed by atoms with Crippen molar-refractivity contribution in [1.29, 1.82) is 0 Å². The number of halogens is 5. The highest BCUT2D eigenvalue weighted by Gasteiger charge is 2.33. The second-order valence-electron chi connectivity index (χ2n) is 4.13. The lowest BCUT2D eigenvalue weighted by Crippen LogP contribution is -2.32. The van der Waals surface area contributed by atoms with E-state index in [-0.39, 0.29) is 30.3 Å². The van der Waals surface area contributed by atoms with Gasteiger partial charge in [0.1, 0.15) is 11.5 Å². The second-order valence-corrected chi connectivity index (χ2v) is 4.13. The van der Waals surface area contributed by atoms with Crippen LogP contribution in [0.2, 0.25) is 0 Å². The number of carbonyl (C=O) groups is 1. The van der Waals surface area contributed by atoms with Gasteiger partial charge in [-0.15, -0.1) is 25.6 Å². The summed E-state index contributed by atoms with van der Waals surface area (Å²) in [6.07, 6.45) is -7.17. The molecule has 1 aromatic carbocycles. The van der Waals surface area contributed by atoms with E-state index in [0.29, 0.717) is 0 Å². The van der Waals surface area contributed by atoms with Crippen molar-refractivity contribution in [3.63, 3.8) is 0 Å². The lowest BCUT2D eigenvalue weighted by Gasteiger charge is -2.19. The van der Waals surface area contributed by atoms with Gasteiger partial charge in [0.2, 0.25) is 6.17 Å². The van der Waals surface area contributed by atoms with E-state index >= 15 is 0 Å². The molecule has 0 spiro atoms. The standard InChI is InChI=1S/C13H15F4NO4.ClH/c1-3-21-12(19)10(14)11(18)8-6-7(22-13(15,16)17)4-5-9(8)20-2;/h4-6,10-11H,3,18H2,1-2H3;1H/t10?,11-;/m0./s1. The number of benzene rings is 1. The van der Waals surface area contributed by atoms with E-state index in [1.807, 2.05) is 0 Å². The molecule has 1 rings (SSSR count). The molecule has 0 heterocycles. The van der Waals surface area contributed by atoms with Crippen LogP contribution in [0.5, 0.6) is 11.5 Å². The molecule has 0 aromatic heterocycles. The maximum absolute atomic E-state index is 13.9. The van der Waals surface area contributed by atoms with Crippen molar-refractivity contribution in [2.45, 2.75) is 25.5 Å². The molecular formula is C13H16ClF4NO4. The molecule has 10 heteroatoms. The topological polar surface area (TPSA) is 70.8 Å². The van der Waals surface area contributed by atoms with Crippen LogP contribution in [-0.4, -0.2) is 32.2 Å². The Bertz CT molecular complexity index is 527. The summed E-state index contributed by atoms with van der Waals surface area (Å²) >= 11 is 0. The molecule has 1 unspecified atom stereocenters. The number of hydrogen-bond donors (Lipinski definition) is 1. The molecule has 0 bridgehead atoms. The Hall–Kier alpha value is -1.74. The summed E-state index contributed by atoms with van der Waals surface area (Å²) in [6, 6.07) is 1.42. The van der Waals surface area contributed by atoms with E-state index < -0.39 is 30.3 Å². The summed E-state index contributed by atoms with van der Waals surface area (Å²) in [5, 5.41) is 0. The van der Waals surface area contributed by atoms with Crippen LogP contribution in [0.1, 0.15) is 18.5 Å². The van der Waals surface area contributed by atoms with E-state index in [4.69, 9.17) is 10.5 Å². The Morgan fingerprint density at radius 2 is 1.96 bits per heavy atom. The van der Waals surface area contributed by atoms with Crippen LogP contribution >= 0.6 is 12.4 Å². The number of rotatable bonds is 6. The third kappa shape index (κ3) is 6.11. The van der Waals surface area contributed by atoms with Crippen molar-refractivity contribution in [1.82, 2.24) is 0 Å². The minimum absolute atomic E-state index is 0. The van der Waals surface area contributed by atoms with Crippen LogP contribution in [-0.2, 0) is 9.53 Å². The van der Waals surface area contributed by atoms with Gasteiger partial charge in [0.25, 0.3) is 0 Å². The summed E-state index contributed by atoms with van der Waals surface area (Å²) in [5.74, 6) is -1.79. The monoisotopic (exact) mass is 361 g/mol. The largest absolute Gasteiger partial charge is 0.573 e. The van der Waals surface area contributed by atoms with E-state index in [0.717, 1.165) is 18.2 Å². The molecule has 5 nitrogen and oxygen atoms in total. The molecule has 0 fully saturated rings. The van der Waals surface area contributed by atoms with Crippen LogP contribution in [0.4, 0.5) is 17.6 Å². The van der Waals surface area contributed by atoms with Gasteiger partial charge < -0.3 is 19.9 Å². The van der Waals surface area contributed by atoms with E-state index in [1.165, 1.54) is 14.0 Å². The van der Waals surface area contributed by atoms with Crippen molar-refractivity contribution < 1.29 is 36.6 Å². The van der Waals surface area contributed by atoms with Crippen LogP contribution in [0.25, 0.3) is 0 Å². The predicted molar refractivity (Wildman–Crippen MR) is 75.4 cm³/mol. The van der Waals surface area contributed by atoms with Crippen LogP contribution in [0.3, 0.4) is 0 Å². The number of methoxy groups -OCH3 is 1. The summed E-state index contributed by atoms with van der Waals surface area (Å²) in [6.45, 7) is 1.43. The Kier molecular flexibility index (Phi) is 8.11. The van der Waals surface area contributed by atoms with E-state index in [9.17, 15) is 22.4 Å². The van der Waals surface area contributed by atoms with Gasteiger partial charge in [-0.1, -0.05) is 0 Å². The smallest absolute Gasteiger partial charge is 0.496 e. The highest BCUT2D eigenvalue weighted by molar-refractivity contribution is 5.85. The summed E-state index contributed by atoms with van der Waals surface area (Å²) in [4.78, 5) is 11.3. The van der Waals surface area contributed by atoms with Crippen LogP contribution in [0.15, 0.2) is 18.2 Å². The molecule has 0 radical (unpaired) electrons. The minimum atomic E-state index is -4.91. The Labute approximate surface area is 136 Å². The number of nitrogens with two attached hydrogens (primary N) is 1. The Morgan fingerprint density at radius 1 is 1.35 bits per heavy atom. The number of esters is 1.